The first-order valence-corrected chi connectivity index (χ1v) is 11.1. The van der Waals surface area contributed by atoms with Crippen molar-refractivity contribution in [2.45, 2.75) is 18.9 Å². The second-order valence-corrected chi connectivity index (χ2v) is 8.18. The maximum atomic E-state index is 5.44. The van der Waals surface area contributed by atoms with Gasteiger partial charge in [-0.2, -0.15) is 4.98 Å². The predicted octanol–water partition coefficient (Wildman–Crippen LogP) is 5.49. The summed E-state index contributed by atoms with van der Waals surface area (Å²) < 4.78 is 10.8. The summed E-state index contributed by atoms with van der Waals surface area (Å²) in [4.78, 5) is 16.4. The maximum absolute atomic E-state index is 5.44. The average Bonchev–Trinajstić information content (AvgIpc) is 3.38. The van der Waals surface area contributed by atoms with Crippen LogP contribution in [0.1, 0.15) is 23.5 Å². The van der Waals surface area contributed by atoms with Crippen molar-refractivity contribution in [3.63, 3.8) is 0 Å². The van der Waals surface area contributed by atoms with Crippen molar-refractivity contribution in [1.82, 2.24) is 15.0 Å². The van der Waals surface area contributed by atoms with Crippen molar-refractivity contribution in [3.8, 4) is 11.5 Å². The summed E-state index contributed by atoms with van der Waals surface area (Å²) >= 11 is 0. The highest BCUT2D eigenvalue weighted by atomic mass is 35.5. The molecule has 0 saturated carbocycles. The molecule has 2 aromatic heterocycles. The van der Waals surface area contributed by atoms with Crippen LogP contribution in [0.3, 0.4) is 0 Å². The Balaban J connectivity index is 0.00000171. The van der Waals surface area contributed by atoms with Gasteiger partial charge in [-0.25, -0.2) is 4.98 Å². The molecule has 1 N–H and O–H groups in total. The molecule has 1 saturated heterocycles. The van der Waals surface area contributed by atoms with E-state index in [0.29, 0.717) is 12.5 Å². The van der Waals surface area contributed by atoms with E-state index in [1.165, 1.54) is 5.56 Å². The predicted molar refractivity (Wildman–Crippen MR) is 145 cm³/mol. The Kier molecular flexibility index (Phi) is 8.95. The molecule has 2 aromatic carbocycles. The second-order valence-electron chi connectivity index (χ2n) is 8.18. The van der Waals surface area contributed by atoms with E-state index in [1.54, 1.807) is 14.2 Å². The fraction of sp³-hybridized carbons (Fsp3) is 0.269. The average molecular weight is 514 g/mol. The third-order valence-electron chi connectivity index (χ3n) is 6.11. The Morgan fingerprint density at radius 3 is 2.57 bits per heavy atom. The van der Waals surface area contributed by atoms with Crippen molar-refractivity contribution in [3.05, 3.63) is 78.1 Å². The van der Waals surface area contributed by atoms with Crippen LogP contribution >= 0.6 is 24.8 Å². The Labute approximate surface area is 217 Å². The number of anilines is 2. The molecule has 0 amide bonds. The van der Waals surface area contributed by atoms with Gasteiger partial charge in [0.05, 0.1) is 19.7 Å². The van der Waals surface area contributed by atoms with E-state index in [-0.39, 0.29) is 24.8 Å². The fourth-order valence-electron chi connectivity index (χ4n) is 4.30. The molecule has 0 aliphatic carbocycles. The van der Waals surface area contributed by atoms with Gasteiger partial charge in [-0.1, -0.05) is 18.2 Å². The van der Waals surface area contributed by atoms with E-state index >= 15 is 0 Å². The van der Waals surface area contributed by atoms with Crippen LogP contribution in [-0.4, -0.2) is 42.3 Å². The molecule has 1 fully saturated rings. The molecular weight excluding hydrogens is 485 g/mol. The molecule has 4 aromatic rings. The van der Waals surface area contributed by atoms with E-state index in [2.05, 4.69) is 27.3 Å². The molecule has 9 heteroatoms. The van der Waals surface area contributed by atoms with Crippen molar-refractivity contribution in [2.75, 3.05) is 37.5 Å². The molecule has 1 unspecified atom stereocenters. The first kappa shape index (κ1) is 26.3. The van der Waals surface area contributed by atoms with Gasteiger partial charge in [-0.05, 0) is 47.9 Å². The minimum Gasteiger partial charge on any atom is -0.497 e. The number of nitrogens with zero attached hydrogens (tertiary/aromatic N) is 4. The SMILES string of the molecule is COc1cccc(CNc2nc(N3CCC(c4cccnc4)C3)nc3cc(OC)ccc23)c1.Cl.Cl. The van der Waals surface area contributed by atoms with E-state index in [9.17, 15) is 0 Å². The number of pyridine rings is 1. The lowest BCUT2D eigenvalue weighted by atomic mass is 10.0. The molecule has 0 bridgehead atoms. The Hall–Kier alpha value is -3.29. The summed E-state index contributed by atoms with van der Waals surface area (Å²) in [5, 5.41) is 4.48. The zero-order chi connectivity index (χ0) is 22.6. The highest BCUT2D eigenvalue weighted by Gasteiger charge is 2.26. The maximum Gasteiger partial charge on any atom is 0.227 e. The molecule has 0 spiro atoms. The number of methoxy groups -OCH3 is 2. The molecule has 1 atom stereocenters. The number of aromatic nitrogens is 3. The highest BCUT2D eigenvalue weighted by molar-refractivity contribution is 5.91. The van der Waals surface area contributed by atoms with Crippen LogP contribution in [0.2, 0.25) is 0 Å². The lowest BCUT2D eigenvalue weighted by Gasteiger charge is -2.19. The van der Waals surface area contributed by atoms with Crippen molar-refractivity contribution >= 4 is 47.5 Å². The largest absolute Gasteiger partial charge is 0.497 e. The number of ether oxygens (including phenoxy) is 2. The number of fused-ring (bicyclic) bond motifs is 1. The van der Waals surface area contributed by atoms with Gasteiger partial charge in [0.2, 0.25) is 5.95 Å². The van der Waals surface area contributed by atoms with Crippen LogP contribution in [0.25, 0.3) is 10.9 Å². The van der Waals surface area contributed by atoms with Gasteiger partial charge in [-0.15, -0.1) is 24.8 Å². The number of hydrogen-bond acceptors (Lipinski definition) is 7. The topological polar surface area (TPSA) is 72.4 Å². The van der Waals surface area contributed by atoms with E-state index < -0.39 is 0 Å². The summed E-state index contributed by atoms with van der Waals surface area (Å²) in [5.74, 6) is 3.59. The quantitative estimate of drug-likeness (QED) is 0.350. The van der Waals surface area contributed by atoms with Crippen LogP contribution < -0.4 is 19.7 Å². The summed E-state index contributed by atoms with van der Waals surface area (Å²) in [5.41, 5.74) is 3.24. The van der Waals surface area contributed by atoms with Crippen molar-refractivity contribution in [1.29, 1.82) is 0 Å². The summed E-state index contributed by atoms with van der Waals surface area (Å²) in [6, 6.07) is 18.1. The first-order chi connectivity index (χ1) is 16.2. The van der Waals surface area contributed by atoms with Gasteiger partial charge < -0.3 is 19.7 Å². The van der Waals surface area contributed by atoms with Crippen LogP contribution in [0.5, 0.6) is 11.5 Å². The van der Waals surface area contributed by atoms with Crippen molar-refractivity contribution < 1.29 is 9.47 Å². The fourth-order valence-corrected chi connectivity index (χ4v) is 4.30. The van der Waals surface area contributed by atoms with Gasteiger partial charge in [0.15, 0.2) is 0 Å². The zero-order valence-corrected chi connectivity index (χ0v) is 21.3. The van der Waals surface area contributed by atoms with Gasteiger partial charge in [0.25, 0.3) is 0 Å². The third-order valence-corrected chi connectivity index (χ3v) is 6.11. The van der Waals surface area contributed by atoms with Crippen LogP contribution in [0.4, 0.5) is 11.8 Å². The minimum atomic E-state index is 0. The Morgan fingerprint density at radius 2 is 1.80 bits per heavy atom. The smallest absolute Gasteiger partial charge is 0.227 e. The standard InChI is InChI=1S/C26H27N5O2.2ClH/c1-32-21-7-3-5-18(13-21)15-28-25-23-9-8-22(33-2)14-24(23)29-26(30-25)31-12-10-20(17-31)19-6-4-11-27-16-19;;/h3-9,11,13-14,16,20H,10,12,15,17H2,1-2H3,(H,28,29,30);2*1H. The van der Waals surface area contributed by atoms with E-state index in [1.807, 2.05) is 54.9 Å². The summed E-state index contributed by atoms with van der Waals surface area (Å²) in [6.07, 6.45) is 4.83. The second kappa shape index (κ2) is 11.9. The lowest BCUT2D eigenvalue weighted by Crippen LogP contribution is -2.22. The minimum absolute atomic E-state index is 0. The summed E-state index contributed by atoms with van der Waals surface area (Å²) in [6.45, 7) is 2.41. The van der Waals surface area contributed by atoms with Crippen LogP contribution in [0, 0.1) is 0 Å². The molecule has 35 heavy (non-hydrogen) atoms. The number of rotatable bonds is 7. The molecule has 3 heterocycles. The monoisotopic (exact) mass is 513 g/mol. The summed E-state index contributed by atoms with van der Waals surface area (Å²) in [7, 11) is 3.35. The van der Waals surface area contributed by atoms with Crippen molar-refractivity contribution in [2.24, 2.45) is 0 Å². The molecule has 1 aliphatic heterocycles. The third kappa shape index (κ3) is 5.86. The van der Waals surface area contributed by atoms with Gasteiger partial charge >= 0.3 is 0 Å². The normalized spacial score (nSPS) is 14.7. The number of halogens is 2. The van der Waals surface area contributed by atoms with Gasteiger partial charge in [-0.3, -0.25) is 4.98 Å². The van der Waals surface area contributed by atoms with E-state index in [4.69, 9.17) is 19.4 Å². The zero-order valence-electron chi connectivity index (χ0n) is 19.7. The van der Waals surface area contributed by atoms with E-state index in [0.717, 1.165) is 59.2 Å². The number of benzene rings is 2. The molecule has 184 valence electrons. The number of hydrogen-bond donors (Lipinski definition) is 1. The highest BCUT2D eigenvalue weighted by Crippen LogP contribution is 2.32. The molecule has 5 rings (SSSR count). The Morgan fingerprint density at radius 1 is 0.971 bits per heavy atom. The lowest BCUT2D eigenvalue weighted by molar-refractivity contribution is 0.414. The Bertz CT molecular complexity index is 1260. The van der Waals surface area contributed by atoms with Crippen LogP contribution in [-0.2, 0) is 6.54 Å². The van der Waals surface area contributed by atoms with Gasteiger partial charge in [0, 0.05) is 49.4 Å². The molecular formula is C26H29Cl2N5O2. The molecule has 0 radical (unpaired) electrons. The first-order valence-electron chi connectivity index (χ1n) is 11.1. The van der Waals surface area contributed by atoms with Crippen LogP contribution in [0.15, 0.2) is 67.0 Å². The number of nitrogens with one attached hydrogen (secondary N) is 1. The van der Waals surface area contributed by atoms with Gasteiger partial charge in [0.1, 0.15) is 17.3 Å². The molecule has 1 aliphatic rings. The molecule has 7 nitrogen and oxygen atoms in total.